The Balaban J connectivity index is 2.09. The molecule has 1 fully saturated rings. The van der Waals surface area contributed by atoms with Crippen molar-refractivity contribution in [2.24, 2.45) is 10.9 Å². The number of allylic oxidation sites excluding steroid dienone is 1. The summed E-state index contributed by atoms with van der Waals surface area (Å²) in [6.07, 6.45) is 6.33. The zero-order chi connectivity index (χ0) is 17.1. The van der Waals surface area contributed by atoms with E-state index in [9.17, 15) is 9.59 Å². The monoisotopic (exact) mass is 326 g/mol. The predicted octanol–water partition coefficient (Wildman–Crippen LogP) is 3.22. The first kappa shape index (κ1) is 16.6. The molecular weight excluding hydrogens is 304 g/mol. The lowest BCUT2D eigenvalue weighted by Gasteiger charge is -2.35. The molecule has 1 saturated carbocycles. The Morgan fingerprint density at radius 2 is 2.00 bits per heavy atom. The lowest BCUT2D eigenvalue weighted by molar-refractivity contribution is -0.139. The minimum absolute atomic E-state index is 0.162. The Hall–Kier alpha value is -2.30. The lowest BCUT2D eigenvalue weighted by Crippen LogP contribution is -2.39. The summed E-state index contributed by atoms with van der Waals surface area (Å²) < 4.78 is 5.37. The summed E-state index contributed by atoms with van der Waals surface area (Å²) >= 11 is 0. The van der Waals surface area contributed by atoms with Crippen LogP contribution >= 0.6 is 0 Å². The number of esters is 1. The van der Waals surface area contributed by atoms with Crippen LogP contribution in [0.3, 0.4) is 0 Å². The molecule has 1 aliphatic heterocycles. The minimum atomic E-state index is -0.364. The number of hydrogen-bond donors (Lipinski definition) is 0. The number of fused-ring (bicyclic) bond motifs is 1. The number of aliphatic imine (C=N–C) groups is 1. The highest BCUT2D eigenvalue weighted by Crippen LogP contribution is 2.42. The van der Waals surface area contributed by atoms with E-state index < -0.39 is 0 Å². The van der Waals surface area contributed by atoms with Crippen molar-refractivity contribution in [2.45, 2.75) is 45.4 Å². The highest BCUT2D eigenvalue weighted by atomic mass is 16.5. The third-order valence-electron chi connectivity index (χ3n) is 4.63. The van der Waals surface area contributed by atoms with Gasteiger partial charge in [0.05, 0.1) is 18.1 Å². The smallest absolute Gasteiger partial charge is 0.336 e. The highest BCUT2D eigenvalue weighted by molar-refractivity contribution is 6.11. The van der Waals surface area contributed by atoms with Crippen molar-refractivity contribution in [3.63, 3.8) is 0 Å². The van der Waals surface area contributed by atoms with Crippen LogP contribution in [-0.4, -0.2) is 29.1 Å². The molecule has 2 aliphatic rings. The molecule has 5 heteroatoms. The molecule has 0 radical (unpaired) electrons. The van der Waals surface area contributed by atoms with Gasteiger partial charge < -0.3 is 4.74 Å². The zero-order valence-electron chi connectivity index (χ0n) is 14.1. The number of carbonyl (C=O) groups excluding carboxylic acids is 2. The lowest BCUT2D eigenvalue weighted by atomic mass is 9.69. The molecule has 0 aromatic carbocycles. The molecule has 126 valence electrons. The number of pyridine rings is 1. The SMILES string of the molecule is CCCOC(=O)C1=C(C)N=C2CCCC(=O)[C@H]2[C@H]1c1ccncc1. The maximum Gasteiger partial charge on any atom is 0.336 e. The van der Waals surface area contributed by atoms with Crippen LogP contribution in [0.15, 0.2) is 40.8 Å². The van der Waals surface area contributed by atoms with E-state index >= 15 is 0 Å². The van der Waals surface area contributed by atoms with E-state index in [1.54, 1.807) is 12.4 Å². The van der Waals surface area contributed by atoms with Gasteiger partial charge in [-0.2, -0.15) is 0 Å². The molecule has 0 spiro atoms. The normalized spacial score (nSPS) is 23.6. The molecule has 0 N–H and O–H groups in total. The van der Waals surface area contributed by atoms with Crippen LogP contribution in [0.25, 0.3) is 0 Å². The summed E-state index contributed by atoms with van der Waals surface area (Å²) in [5.41, 5.74) is 3.00. The maximum atomic E-state index is 12.7. The highest BCUT2D eigenvalue weighted by Gasteiger charge is 2.43. The number of ketones is 1. The topological polar surface area (TPSA) is 68.6 Å². The second-order valence-electron chi connectivity index (χ2n) is 6.29. The third kappa shape index (κ3) is 3.03. The number of nitrogens with zero attached hydrogens (tertiary/aromatic N) is 2. The van der Waals surface area contributed by atoms with Crippen molar-refractivity contribution in [2.75, 3.05) is 6.61 Å². The van der Waals surface area contributed by atoms with Crippen LogP contribution in [0.5, 0.6) is 0 Å². The van der Waals surface area contributed by atoms with Crippen molar-refractivity contribution < 1.29 is 14.3 Å². The van der Waals surface area contributed by atoms with Crippen molar-refractivity contribution in [1.82, 2.24) is 4.98 Å². The van der Waals surface area contributed by atoms with Crippen molar-refractivity contribution in [1.29, 1.82) is 0 Å². The molecular formula is C19H22N2O3. The van der Waals surface area contributed by atoms with Gasteiger partial charge in [-0.3, -0.25) is 14.8 Å². The van der Waals surface area contributed by atoms with Crippen molar-refractivity contribution in [3.05, 3.63) is 41.4 Å². The molecule has 1 aliphatic carbocycles. The van der Waals surface area contributed by atoms with Crippen LogP contribution in [0.2, 0.25) is 0 Å². The second-order valence-corrected chi connectivity index (χ2v) is 6.29. The summed E-state index contributed by atoms with van der Waals surface area (Å²) in [5, 5.41) is 0. The van der Waals surface area contributed by atoms with Gasteiger partial charge in [0.15, 0.2) is 0 Å². The maximum absolute atomic E-state index is 12.7. The first-order chi connectivity index (χ1) is 11.6. The molecule has 0 bridgehead atoms. The molecule has 0 saturated heterocycles. The van der Waals surface area contributed by atoms with E-state index in [2.05, 4.69) is 9.98 Å². The predicted molar refractivity (Wildman–Crippen MR) is 90.7 cm³/mol. The standard InChI is InChI=1S/C19H22N2O3/c1-3-11-24-19(23)16-12(2)21-14-5-4-6-15(22)18(14)17(16)13-7-9-20-10-8-13/h7-10,17-18H,3-6,11H2,1-2H3/t17-,18-/m0/s1. The summed E-state index contributed by atoms with van der Waals surface area (Å²) in [6, 6.07) is 3.74. The van der Waals surface area contributed by atoms with E-state index in [-0.39, 0.29) is 23.6 Å². The van der Waals surface area contributed by atoms with Gasteiger partial charge in [0.2, 0.25) is 0 Å². The average molecular weight is 326 g/mol. The number of carbonyl (C=O) groups is 2. The summed E-state index contributed by atoms with van der Waals surface area (Å²) in [7, 11) is 0. The third-order valence-corrected chi connectivity index (χ3v) is 4.63. The van der Waals surface area contributed by atoms with Crippen molar-refractivity contribution in [3.8, 4) is 0 Å². The van der Waals surface area contributed by atoms with Gasteiger partial charge >= 0.3 is 5.97 Å². The summed E-state index contributed by atoms with van der Waals surface area (Å²) in [5.74, 6) is -0.876. The molecule has 2 heterocycles. The quantitative estimate of drug-likeness (QED) is 0.797. The van der Waals surface area contributed by atoms with Gasteiger partial charge in [-0.1, -0.05) is 6.92 Å². The van der Waals surface area contributed by atoms with Gasteiger partial charge in [-0.15, -0.1) is 0 Å². The molecule has 2 atom stereocenters. The van der Waals surface area contributed by atoms with Gasteiger partial charge in [-0.05, 0) is 43.9 Å². The first-order valence-corrected chi connectivity index (χ1v) is 8.51. The molecule has 1 aromatic rings. The fourth-order valence-electron chi connectivity index (χ4n) is 3.59. The number of aromatic nitrogens is 1. The largest absolute Gasteiger partial charge is 0.462 e. The Morgan fingerprint density at radius 1 is 1.25 bits per heavy atom. The summed E-state index contributed by atoms with van der Waals surface area (Å²) in [4.78, 5) is 33.9. The molecule has 0 amide bonds. The Labute approximate surface area is 141 Å². The first-order valence-electron chi connectivity index (χ1n) is 8.51. The van der Waals surface area contributed by atoms with Gasteiger partial charge in [0.25, 0.3) is 0 Å². The van der Waals surface area contributed by atoms with Crippen LogP contribution in [0, 0.1) is 5.92 Å². The van der Waals surface area contributed by atoms with E-state index in [0.29, 0.717) is 24.3 Å². The second kappa shape index (κ2) is 7.07. The molecule has 5 nitrogen and oxygen atoms in total. The van der Waals surface area contributed by atoms with Crippen LogP contribution in [-0.2, 0) is 14.3 Å². The fraction of sp³-hybridized carbons (Fsp3) is 0.474. The van der Waals surface area contributed by atoms with E-state index in [4.69, 9.17) is 4.74 Å². The van der Waals surface area contributed by atoms with E-state index in [0.717, 1.165) is 30.5 Å². The number of Topliss-reactive ketones (excluding diaryl/α,β-unsaturated/α-hetero) is 1. The fourth-order valence-corrected chi connectivity index (χ4v) is 3.59. The van der Waals surface area contributed by atoms with Crippen LogP contribution in [0.4, 0.5) is 0 Å². The Bertz CT molecular complexity index is 707. The minimum Gasteiger partial charge on any atom is -0.462 e. The Morgan fingerprint density at radius 3 is 2.71 bits per heavy atom. The number of ether oxygens (including phenoxy) is 1. The van der Waals surface area contributed by atoms with E-state index in [1.807, 2.05) is 26.0 Å². The van der Waals surface area contributed by atoms with Gasteiger partial charge in [-0.25, -0.2) is 4.79 Å². The van der Waals surface area contributed by atoms with Gasteiger partial charge in [0.1, 0.15) is 5.78 Å². The Kier molecular flexibility index (Phi) is 4.88. The molecule has 3 rings (SSSR count). The summed E-state index contributed by atoms with van der Waals surface area (Å²) in [6.45, 7) is 4.16. The zero-order valence-corrected chi connectivity index (χ0v) is 14.1. The van der Waals surface area contributed by atoms with Crippen LogP contribution in [0.1, 0.15) is 51.0 Å². The number of rotatable bonds is 4. The molecule has 24 heavy (non-hydrogen) atoms. The van der Waals surface area contributed by atoms with Crippen molar-refractivity contribution >= 4 is 17.5 Å². The molecule has 1 aromatic heterocycles. The average Bonchev–Trinajstić information content (AvgIpc) is 2.59. The van der Waals surface area contributed by atoms with Gasteiger partial charge in [0, 0.05) is 36.1 Å². The van der Waals surface area contributed by atoms with E-state index in [1.165, 1.54) is 0 Å². The molecule has 0 unspecified atom stereocenters. The number of hydrogen-bond acceptors (Lipinski definition) is 5. The van der Waals surface area contributed by atoms with Crippen LogP contribution < -0.4 is 0 Å².